The lowest BCUT2D eigenvalue weighted by molar-refractivity contribution is 0.0696. The molecule has 1 atom stereocenters. The molecule has 2 N–H and O–H groups in total. The number of fused-ring (bicyclic) bond motifs is 1. The first-order valence-electron chi connectivity index (χ1n) is 10.3. The van der Waals surface area contributed by atoms with Crippen LogP contribution in [0.3, 0.4) is 0 Å². The van der Waals surface area contributed by atoms with Crippen molar-refractivity contribution < 1.29 is 14.7 Å². The number of nitrogens with zero attached hydrogens (tertiary/aromatic N) is 1. The van der Waals surface area contributed by atoms with E-state index in [4.69, 9.17) is 16.7 Å². The van der Waals surface area contributed by atoms with Gasteiger partial charge >= 0.3 is 5.97 Å². The Bertz CT molecular complexity index is 1180. The summed E-state index contributed by atoms with van der Waals surface area (Å²) in [6.45, 7) is 3.41. The predicted molar refractivity (Wildman–Crippen MR) is 135 cm³/mol. The van der Waals surface area contributed by atoms with Crippen LogP contribution in [0.1, 0.15) is 50.4 Å². The third-order valence-corrected chi connectivity index (χ3v) is 7.27. The molecule has 1 aliphatic rings. The monoisotopic (exact) mass is 560 g/mol. The summed E-state index contributed by atoms with van der Waals surface area (Å²) in [6.07, 6.45) is 0.890. The first-order chi connectivity index (χ1) is 15.3. The number of rotatable bonds is 6. The van der Waals surface area contributed by atoms with Crippen LogP contribution in [-0.2, 0) is 13.0 Å². The van der Waals surface area contributed by atoms with Crippen molar-refractivity contribution in [2.24, 2.45) is 0 Å². The number of carboxylic acid groups (broad SMARTS) is 1. The lowest BCUT2D eigenvalue weighted by atomic mass is 10.0. The summed E-state index contributed by atoms with van der Waals surface area (Å²) < 4.78 is 1.01. The number of hydrogen-bond donors (Lipinski definition) is 2. The molecule has 0 aliphatic carbocycles. The first kappa shape index (κ1) is 22.6. The number of carbonyl (C=O) groups is 2. The molecule has 0 fully saturated rings. The Morgan fingerprint density at radius 3 is 2.59 bits per heavy atom. The van der Waals surface area contributed by atoms with Crippen molar-refractivity contribution in [1.29, 1.82) is 0 Å². The summed E-state index contributed by atoms with van der Waals surface area (Å²) in [5.74, 6) is -1.12. The lowest BCUT2D eigenvalue weighted by Crippen LogP contribution is -2.29. The van der Waals surface area contributed by atoms with Crippen LogP contribution in [0.2, 0.25) is 5.02 Å². The smallest absolute Gasteiger partial charge is 0.335 e. The minimum atomic E-state index is -0.970. The summed E-state index contributed by atoms with van der Waals surface area (Å²) in [7, 11) is 0. The van der Waals surface area contributed by atoms with Gasteiger partial charge in [0.25, 0.3) is 5.91 Å². The van der Waals surface area contributed by atoms with E-state index in [1.807, 2.05) is 31.2 Å². The molecule has 0 spiro atoms. The zero-order valence-electron chi connectivity index (χ0n) is 17.4. The molecule has 0 saturated heterocycles. The largest absolute Gasteiger partial charge is 0.478 e. The van der Waals surface area contributed by atoms with Crippen molar-refractivity contribution in [1.82, 2.24) is 5.32 Å². The molecule has 0 bridgehead atoms. The van der Waals surface area contributed by atoms with Crippen LogP contribution in [0, 0.1) is 3.57 Å². The summed E-state index contributed by atoms with van der Waals surface area (Å²) in [4.78, 5) is 26.5. The summed E-state index contributed by atoms with van der Waals surface area (Å²) in [5.41, 5.74) is 4.94. The van der Waals surface area contributed by atoms with Crippen LogP contribution in [0.15, 0.2) is 60.7 Å². The number of nitrogens with one attached hydrogen (secondary N) is 1. The molecule has 7 heteroatoms. The van der Waals surface area contributed by atoms with Gasteiger partial charge in [0.15, 0.2) is 0 Å². The minimum absolute atomic E-state index is 0.149. The van der Waals surface area contributed by atoms with Crippen molar-refractivity contribution in [2.45, 2.75) is 25.9 Å². The van der Waals surface area contributed by atoms with E-state index in [0.29, 0.717) is 12.1 Å². The van der Waals surface area contributed by atoms with E-state index in [1.165, 1.54) is 0 Å². The Hall–Kier alpha value is -2.58. The molecule has 1 amide bonds. The number of para-hydroxylation sites is 1. The molecule has 0 saturated carbocycles. The highest BCUT2D eigenvalue weighted by Crippen LogP contribution is 2.34. The van der Waals surface area contributed by atoms with Gasteiger partial charge in [-0.1, -0.05) is 41.9 Å². The molecule has 164 valence electrons. The van der Waals surface area contributed by atoms with Crippen molar-refractivity contribution in [3.05, 3.63) is 97.1 Å². The summed E-state index contributed by atoms with van der Waals surface area (Å²) in [5, 5.41) is 12.9. The van der Waals surface area contributed by atoms with E-state index in [9.17, 15) is 9.59 Å². The molecule has 1 aliphatic heterocycles. The molecule has 1 heterocycles. The maximum absolute atomic E-state index is 13.2. The van der Waals surface area contributed by atoms with E-state index in [-0.39, 0.29) is 17.5 Å². The zero-order valence-corrected chi connectivity index (χ0v) is 20.4. The maximum atomic E-state index is 13.2. The quantitative estimate of drug-likeness (QED) is 0.380. The number of amides is 1. The molecule has 32 heavy (non-hydrogen) atoms. The fourth-order valence-electron chi connectivity index (χ4n) is 4.01. The SMILES string of the molecule is C[C@H](NC(=O)c1cccc2c1N(Cc1ccc(I)c(Cl)c1)CC2)c1ccc(C(=O)O)cc1. The Balaban J connectivity index is 1.54. The standard InChI is InChI=1S/C25H22ClIN2O3/c1-15(17-6-8-19(9-7-17)25(31)32)28-24(30)20-4-2-3-18-11-12-29(23(18)20)14-16-5-10-22(27)21(26)13-16/h2-10,13,15H,11-12,14H2,1H3,(H,28,30)(H,31,32)/t15-/m0/s1. The third kappa shape index (κ3) is 4.76. The molecular weight excluding hydrogens is 539 g/mol. The average Bonchev–Trinajstić information content (AvgIpc) is 3.19. The van der Waals surface area contributed by atoms with Crippen LogP contribution in [0.5, 0.6) is 0 Å². The number of carbonyl (C=O) groups excluding carboxylic acids is 1. The molecule has 5 nitrogen and oxygen atoms in total. The lowest BCUT2D eigenvalue weighted by Gasteiger charge is -2.23. The van der Waals surface area contributed by atoms with Gasteiger partial charge in [-0.2, -0.15) is 0 Å². The summed E-state index contributed by atoms with van der Waals surface area (Å²) in [6, 6.07) is 18.2. The highest BCUT2D eigenvalue weighted by molar-refractivity contribution is 14.1. The topological polar surface area (TPSA) is 69.6 Å². The number of carboxylic acids is 1. The third-order valence-electron chi connectivity index (χ3n) is 5.69. The van der Waals surface area contributed by atoms with E-state index in [2.05, 4.69) is 44.9 Å². The molecule has 0 aromatic heterocycles. The molecule has 3 aromatic carbocycles. The van der Waals surface area contributed by atoms with E-state index >= 15 is 0 Å². The number of aromatic carboxylic acids is 1. The van der Waals surface area contributed by atoms with Gasteiger partial charge in [0.05, 0.1) is 27.9 Å². The second-order valence-electron chi connectivity index (χ2n) is 7.86. The molecule has 4 rings (SSSR count). The van der Waals surface area contributed by atoms with Gasteiger partial charge in [0, 0.05) is 16.7 Å². The van der Waals surface area contributed by atoms with Crippen molar-refractivity contribution in [3.8, 4) is 0 Å². The maximum Gasteiger partial charge on any atom is 0.335 e. The van der Waals surface area contributed by atoms with Gasteiger partial charge in [-0.15, -0.1) is 0 Å². The van der Waals surface area contributed by atoms with Gasteiger partial charge in [-0.05, 0) is 83.0 Å². The molecule has 0 unspecified atom stereocenters. The summed E-state index contributed by atoms with van der Waals surface area (Å²) >= 11 is 8.51. The number of benzene rings is 3. The molecule has 0 radical (unpaired) electrons. The first-order valence-corrected chi connectivity index (χ1v) is 11.7. The van der Waals surface area contributed by atoms with E-state index < -0.39 is 5.97 Å². The molecule has 3 aromatic rings. The highest BCUT2D eigenvalue weighted by Gasteiger charge is 2.26. The fourth-order valence-corrected chi connectivity index (χ4v) is 4.54. The molecular formula is C25H22ClIN2O3. The number of halogens is 2. The normalized spacial score (nSPS) is 13.5. The minimum Gasteiger partial charge on any atom is -0.478 e. The van der Waals surface area contributed by atoms with Gasteiger partial charge in [0.1, 0.15) is 0 Å². The van der Waals surface area contributed by atoms with Crippen molar-refractivity contribution >= 4 is 51.8 Å². The number of anilines is 1. The second kappa shape index (κ2) is 9.50. The Morgan fingerprint density at radius 1 is 1.16 bits per heavy atom. The van der Waals surface area contributed by atoms with Crippen LogP contribution >= 0.6 is 34.2 Å². The average molecular weight is 561 g/mol. The van der Waals surface area contributed by atoms with Gasteiger partial charge < -0.3 is 15.3 Å². The predicted octanol–water partition coefficient (Wildman–Crippen LogP) is 5.70. The van der Waals surface area contributed by atoms with Crippen LogP contribution in [0.25, 0.3) is 0 Å². The zero-order chi connectivity index (χ0) is 22.8. The van der Waals surface area contributed by atoms with Gasteiger partial charge in [-0.3, -0.25) is 4.79 Å². The van der Waals surface area contributed by atoms with E-state index in [0.717, 1.165) is 43.9 Å². The van der Waals surface area contributed by atoms with Crippen molar-refractivity contribution in [3.63, 3.8) is 0 Å². The number of hydrogen-bond acceptors (Lipinski definition) is 3. The Kier molecular flexibility index (Phi) is 6.71. The van der Waals surface area contributed by atoms with Gasteiger partial charge in [-0.25, -0.2) is 4.79 Å². The fraction of sp³-hybridized carbons (Fsp3) is 0.200. The van der Waals surface area contributed by atoms with Gasteiger partial charge in [0.2, 0.25) is 0 Å². The van der Waals surface area contributed by atoms with E-state index in [1.54, 1.807) is 24.3 Å². The van der Waals surface area contributed by atoms with Crippen molar-refractivity contribution in [2.75, 3.05) is 11.4 Å². The van der Waals surface area contributed by atoms with Crippen LogP contribution in [0.4, 0.5) is 5.69 Å². The Labute approximate surface area is 205 Å². The van der Waals surface area contributed by atoms with Crippen LogP contribution in [-0.4, -0.2) is 23.5 Å². The Morgan fingerprint density at radius 2 is 1.91 bits per heavy atom. The van der Waals surface area contributed by atoms with Crippen LogP contribution < -0.4 is 10.2 Å². The second-order valence-corrected chi connectivity index (χ2v) is 9.43. The highest BCUT2D eigenvalue weighted by atomic mass is 127.